The van der Waals surface area contributed by atoms with E-state index in [-0.39, 0.29) is 10.8 Å². The van der Waals surface area contributed by atoms with Crippen LogP contribution >= 0.6 is 0 Å². The number of hydrogen-bond donors (Lipinski definition) is 0. The Labute approximate surface area is 269 Å². The van der Waals surface area contributed by atoms with Crippen LogP contribution in [0.2, 0.25) is 0 Å². The lowest BCUT2D eigenvalue weighted by Gasteiger charge is -2.48. The van der Waals surface area contributed by atoms with Crippen LogP contribution in [0.5, 0.6) is 0 Å². The number of hydrogen-bond acceptors (Lipinski definition) is 2. The summed E-state index contributed by atoms with van der Waals surface area (Å²) in [5, 5.41) is 7.33. The molecule has 0 unspecified atom stereocenters. The molecule has 1 aliphatic rings. The molecule has 1 aromatic heterocycles. The first-order valence-corrected chi connectivity index (χ1v) is 16.2. The van der Waals surface area contributed by atoms with Gasteiger partial charge in [-0.3, -0.25) is 0 Å². The van der Waals surface area contributed by atoms with Crippen LogP contribution in [0.1, 0.15) is 38.8 Å². The molecule has 1 heterocycles. The lowest BCUT2D eigenvalue weighted by Crippen LogP contribution is -2.43. The zero-order valence-electron chi connectivity index (χ0n) is 26.6. The molecule has 8 aromatic rings. The van der Waals surface area contributed by atoms with E-state index in [1.165, 1.54) is 43.8 Å². The van der Waals surface area contributed by atoms with Crippen molar-refractivity contribution in [3.63, 3.8) is 0 Å². The van der Waals surface area contributed by atoms with E-state index >= 15 is 0 Å². The third-order valence-electron chi connectivity index (χ3n) is 11.0. The number of para-hydroxylation sites is 2. The second-order valence-electron chi connectivity index (χ2n) is 13.8. The van der Waals surface area contributed by atoms with Crippen LogP contribution in [0, 0.1) is 0 Å². The Morgan fingerprint density at radius 1 is 0.478 bits per heavy atom. The third-order valence-corrected chi connectivity index (χ3v) is 11.0. The minimum absolute atomic E-state index is 0.0145. The van der Waals surface area contributed by atoms with Crippen molar-refractivity contribution < 1.29 is 4.42 Å². The van der Waals surface area contributed by atoms with Gasteiger partial charge in [0, 0.05) is 33.6 Å². The summed E-state index contributed by atoms with van der Waals surface area (Å²) in [6.45, 7) is 9.62. The van der Waals surface area contributed by atoms with Gasteiger partial charge in [-0.2, -0.15) is 0 Å². The van der Waals surface area contributed by atoms with E-state index in [2.05, 4.69) is 160 Å². The molecule has 0 saturated carbocycles. The molecule has 0 N–H and O–H groups in total. The summed E-state index contributed by atoms with van der Waals surface area (Å²) in [6, 6.07) is 50.7. The maximum atomic E-state index is 6.38. The summed E-state index contributed by atoms with van der Waals surface area (Å²) in [4.78, 5) is 2.38. The molecule has 222 valence electrons. The molecule has 9 rings (SSSR count). The van der Waals surface area contributed by atoms with Crippen LogP contribution < -0.4 is 4.90 Å². The highest BCUT2D eigenvalue weighted by Gasteiger charge is 2.46. The highest BCUT2D eigenvalue weighted by Crippen LogP contribution is 2.56. The van der Waals surface area contributed by atoms with Gasteiger partial charge in [-0.05, 0) is 85.6 Å². The topological polar surface area (TPSA) is 16.4 Å². The van der Waals surface area contributed by atoms with E-state index in [9.17, 15) is 0 Å². The van der Waals surface area contributed by atoms with Crippen molar-refractivity contribution in [1.29, 1.82) is 0 Å². The second-order valence-corrected chi connectivity index (χ2v) is 13.8. The van der Waals surface area contributed by atoms with Gasteiger partial charge in [0.15, 0.2) is 0 Å². The van der Waals surface area contributed by atoms with Crippen molar-refractivity contribution in [1.82, 2.24) is 0 Å². The third kappa shape index (κ3) is 3.64. The molecule has 46 heavy (non-hydrogen) atoms. The standard InChI is InChI=1S/C44H35NO/c1-43(2)36-20-12-10-19-35(36)42-37(44(43,3)4)25-22-28-26-38(31-16-8-9-18-34(31)41(28)42)45(29-14-6-5-7-15-29)30-23-24-33-32-17-11-13-21-39(32)46-40(33)27-30/h5-27H,1-4H3. The van der Waals surface area contributed by atoms with Gasteiger partial charge in [0.1, 0.15) is 11.2 Å². The number of nitrogens with zero attached hydrogens (tertiary/aromatic N) is 1. The van der Waals surface area contributed by atoms with Crippen molar-refractivity contribution >= 4 is 60.5 Å². The Bertz CT molecular complexity index is 2480. The lowest BCUT2D eigenvalue weighted by molar-refractivity contribution is 0.299. The maximum Gasteiger partial charge on any atom is 0.137 e. The number of rotatable bonds is 3. The SMILES string of the molecule is CC1(C)c2ccccc2-c2c(ccc3cc(N(c4ccccc4)c4ccc5c(c4)oc4ccccc45)c4ccccc4c23)C1(C)C. The molecule has 2 heteroatoms. The summed E-state index contributed by atoms with van der Waals surface area (Å²) >= 11 is 0. The lowest BCUT2D eigenvalue weighted by atomic mass is 9.55. The predicted octanol–water partition coefficient (Wildman–Crippen LogP) is 12.6. The Kier molecular flexibility index (Phi) is 5.63. The second kappa shape index (κ2) is 9.58. The zero-order valence-corrected chi connectivity index (χ0v) is 26.6. The van der Waals surface area contributed by atoms with Crippen molar-refractivity contribution in [2.75, 3.05) is 4.90 Å². The number of furan rings is 1. The van der Waals surface area contributed by atoms with E-state index in [1.807, 2.05) is 12.1 Å². The molecule has 2 nitrogen and oxygen atoms in total. The van der Waals surface area contributed by atoms with Crippen LogP contribution in [0.15, 0.2) is 144 Å². The van der Waals surface area contributed by atoms with Crippen LogP contribution in [-0.4, -0.2) is 0 Å². The van der Waals surface area contributed by atoms with E-state index in [4.69, 9.17) is 4.42 Å². The Balaban J connectivity index is 1.36. The molecule has 0 bridgehead atoms. The van der Waals surface area contributed by atoms with Crippen molar-refractivity contribution in [2.24, 2.45) is 0 Å². The molecular weight excluding hydrogens is 558 g/mol. The van der Waals surface area contributed by atoms with Crippen LogP contribution in [-0.2, 0) is 10.8 Å². The molecule has 0 aliphatic heterocycles. The molecule has 0 amide bonds. The first-order valence-electron chi connectivity index (χ1n) is 16.2. The quantitative estimate of drug-likeness (QED) is 0.189. The monoisotopic (exact) mass is 593 g/mol. The summed E-state index contributed by atoms with van der Waals surface area (Å²) in [7, 11) is 0. The van der Waals surface area contributed by atoms with E-state index in [0.29, 0.717) is 0 Å². The minimum atomic E-state index is -0.0529. The predicted molar refractivity (Wildman–Crippen MR) is 195 cm³/mol. The van der Waals surface area contributed by atoms with Crippen molar-refractivity contribution in [3.8, 4) is 11.1 Å². The van der Waals surface area contributed by atoms with Crippen molar-refractivity contribution in [2.45, 2.75) is 38.5 Å². The van der Waals surface area contributed by atoms with Gasteiger partial charge >= 0.3 is 0 Å². The van der Waals surface area contributed by atoms with Crippen LogP contribution in [0.3, 0.4) is 0 Å². The van der Waals surface area contributed by atoms with Gasteiger partial charge in [0.2, 0.25) is 0 Å². The molecule has 7 aromatic carbocycles. The fraction of sp³-hybridized carbons (Fsp3) is 0.136. The van der Waals surface area contributed by atoms with Gasteiger partial charge in [-0.15, -0.1) is 0 Å². The van der Waals surface area contributed by atoms with Gasteiger partial charge in [0.25, 0.3) is 0 Å². The fourth-order valence-electron chi connectivity index (χ4n) is 7.94. The van der Waals surface area contributed by atoms with E-state index < -0.39 is 0 Å². The average Bonchev–Trinajstić information content (AvgIpc) is 3.46. The molecule has 0 spiro atoms. The molecular formula is C44H35NO. The van der Waals surface area contributed by atoms with Gasteiger partial charge in [0.05, 0.1) is 5.69 Å². The Morgan fingerprint density at radius 2 is 1.13 bits per heavy atom. The molecule has 1 aliphatic carbocycles. The zero-order chi connectivity index (χ0) is 31.2. The Morgan fingerprint density at radius 3 is 1.96 bits per heavy atom. The number of fused-ring (bicyclic) bond motifs is 10. The first kappa shape index (κ1) is 27.0. The van der Waals surface area contributed by atoms with E-state index in [0.717, 1.165) is 39.0 Å². The summed E-state index contributed by atoms with van der Waals surface area (Å²) in [5.74, 6) is 0. The highest BCUT2D eigenvalue weighted by atomic mass is 16.3. The highest BCUT2D eigenvalue weighted by molar-refractivity contribution is 6.20. The summed E-state index contributed by atoms with van der Waals surface area (Å²) in [6.07, 6.45) is 0. The molecule has 0 fully saturated rings. The van der Waals surface area contributed by atoms with Gasteiger partial charge in [-0.1, -0.05) is 125 Å². The Hall–Kier alpha value is -5.34. The first-order chi connectivity index (χ1) is 22.3. The van der Waals surface area contributed by atoms with Gasteiger partial charge in [-0.25, -0.2) is 0 Å². The van der Waals surface area contributed by atoms with Gasteiger partial charge < -0.3 is 9.32 Å². The fourth-order valence-corrected chi connectivity index (χ4v) is 7.94. The maximum absolute atomic E-state index is 6.38. The van der Waals surface area contributed by atoms with Crippen LogP contribution in [0.25, 0.3) is 54.6 Å². The van der Waals surface area contributed by atoms with E-state index in [1.54, 1.807) is 0 Å². The summed E-state index contributed by atoms with van der Waals surface area (Å²) in [5.41, 5.74) is 10.6. The van der Waals surface area contributed by atoms with Crippen LogP contribution in [0.4, 0.5) is 17.1 Å². The number of benzene rings is 7. The number of anilines is 3. The summed E-state index contributed by atoms with van der Waals surface area (Å²) < 4.78 is 6.38. The van der Waals surface area contributed by atoms with Crippen molar-refractivity contribution in [3.05, 3.63) is 151 Å². The average molecular weight is 594 g/mol. The smallest absolute Gasteiger partial charge is 0.137 e. The molecule has 0 saturated heterocycles. The molecule has 0 atom stereocenters. The minimum Gasteiger partial charge on any atom is -0.456 e. The molecule has 0 radical (unpaired) electrons. The largest absolute Gasteiger partial charge is 0.456 e. The normalized spacial score (nSPS) is 14.9.